The Kier molecular flexibility index (Phi) is 8.68. The second kappa shape index (κ2) is 11.4. The molecule has 1 spiro atoms. The predicted molar refractivity (Wildman–Crippen MR) is 156 cm³/mol. The van der Waals surface area contributed by atoms with E-state index in [0.717, 1.165) is 21.7 Å². The highest BCUT2D eigenvalue weighted by atomic mass is 32.2. The molecule has 1 saturated heterocycles. The second-order valence-electron chi connectivity index (χ2n) is 11.7. The topological polar surface area (TPSA) is 130 Å². The SMILES string of the molecule is CC(C)(N)CN([C@H](COCc1ccccc1)C(=O)N1CCC2(CC1)CN(S(C)(=O)=O)c1ccccc12)S(C)(=O)=O. The Morgan fingerprint density at radius 1 is 1.02 bits per heavy atom. The van der Waals surface area contributed by atoms with Gasteiger partial charge in [-0.2, -0.15) is 4.31 Å². The largest absolute Gasteiger partial charge is 0.375 e. The molecule has 1 atom stereocenters. The van der Waals surface area contributed by atoms with E-state index in [1.807, 2.05) is 54.6 Å². The van der Waals surface area contributed by atoms with E-state index in [-0.39, 0.29) is 25.7 Å². The summed E-state index contributed by atoms with van der Waals surface area (Å²) >= 11 is 0. The van der Waals surface area contributed by atoms with E-state index in [9.17, 15) is 21.6 Å². The molecule has 2 aromatic carbocycles. The van der Waals surface area contributed by atoms with Crippen LogP contribution in [0.5, 0.6) is 0 Å². The summed E-state index contributed by atoms with van der Waals surface area (Å²) in [6, 6.07) is 15.9. The number of carbonyl (C=O) groups is 1. The van der Waals surface area contributed by atoms with Crippen LogP contribution < -0.4 is 10.0 Å². The van der Waals surface area contributed by atoms with E-state index in [2.05, 4.69) is 0 Å². The monoisotopic (exact) mass is 592 g/mol. The van der Waals surface area contributed by atoms with Crippen molar-refractivity contribution in [3.05, 3.63) is 65.7 Å². The van der Waals surface area contributed by atoms with Crippen LogP contribution in [0.15, 0.2) is 54.6 Å². The third kappa shape index (κ3) is 6.85. The molecule has 0 unspecified atom stereocenters. The highest BCUT2D eigenvalue weighted by Gasteiger charge is 2.48. The van der Waals surface area contributed by atoms with E-state index in [4.69, 9.17) is 10.5 Å². The Bertz CT molecular complexity index is 1420. The molecule has 0 bridgehead atoms. The van der Waals surface area contributed by atoms with Crippen molar-refractivity contribution >= 4 is 31.6 Å². The van der Waals surface area contributed by atoms with Gasteiger partial charge in [0.2, 0.25) is 26.0 Å². The van der Waals surface area contributed by atoms with Gasteiger partial charge in [0.25, 0.3) is 0 Å². The van der Waals surface area contributed by atoms with Crippen LogP contribution in [0.1, 0.15) is 37.8 Å². The lowest BCUT2D eigenvalue weighted by Gasteiger charge is -2.42. The van der Waals surface area contributed by atoms with Crippen molar-refractivity contribution in [3.8, 4) is 0 Å². The summed E-state index contributed by atoms with van der Waals surface area (Å²) in [5.74, 6) is -0.344. The average molecular weight is 593 g/mol. The molecule has 0 aliphatic carbocycles. The molecular weight excluding hydrogens is 552 g/mol. The summed E-state index contributed by atoms with van der Waals surface area (Å²) in [7, 11) is -7.27. The lowest BCUT2D eigenvalue weighted by Crippen LogP contribution is -2.59. The normalized spacial score (nSPS) is 18.2. The van der Waals surface area contributed by atoms with Gasteiger partial charge < -0.3 is 15.4 Å². The van der Waals surface area contributed by atoms with Gasteiger partial charge in [0, 0.05) is 37.1 Å². The van der Waals surface area contributed by atoms with Gasteiger partial charge >= 0.3 is 0 Å². The molecule has 10 nitrogen and oxygen atoms in total. The van der Waals surface area contributed by atoms with Crippen LogP contribution in [-0.2, 0) is 41.6 Å². The highest BCUT2D eigenvalue weighted by Crippen LogP contribution is 2.47. The zero-order valence-electron chi connectivity index (χ0n) is 23.6. The number of hydrogen-bond acceptors (Lipinski definition) is 7. The van der Waals surface area contributed by atoms with Crippen molar-refractivity contribution in [2.75, 3.05) is 49.6 Å². The molecule has 0 radical (unpaired) electrons. The number of hydrogen-bond donors (Lipinski definition) is 1. The lowest BCUT2D eigenvalue weighted by atomic mass is 9.74. The van der Waals surface area contributed by atoms with E-state index in [1.165, 1.54) is 10.6 Å². The number of piperidine rings is 1. The number of nitrogens with two attached hydrogens (primary N) is 1. The van der Waals surface area contributed by atoms with Crippen LogP contribution in [0.4, 0.5) is 5.69 Å². The van der Waals surface area contributed by atoms with E-state index >= 15 is 0 Å². The Morgan fingerprint density at radius 3 is 2.20 bits per heavy atom. The molecule has 0 aromatic heterocycles. The summed E-state index contributed by atoms with van der Waals surface area (Å²) in [5, 5.41) is 0. The molecular formula is C28H40N4O6S2. The molecule has 1 fully saturated rings. The van der Waals surface area contributed by atoms with Crippen molar-refractivity contribution in [1.29, 1.82) is 0 Å². The van der Waals surface area contributed by atoms with Crippen molar-refractivity contribution in [2.24, 2.45) is 5.73 Å². The van der Waals surface area contributed by atoms with Gasteiger partial charge in [-0.3, -0.25) is 9.10 Å². The maximum atomic E-state index is 14.0. The minimum atomic E-state index is -3.81. The average Bonchev–Trinajstić information content (AvgIpc) is 3.20. The van der Waals surface area contributed by atoms with Gasteiger partial charge in [-0.15, -0.1) is 0 Å². The van der Waals surface area contributed by atoms with Crippen molar-refractivity contribution < 1.29 is 26.4 Å². The van der Waals surface area contributed by atoms with Gasteiger partial charge in [0.05, 0.1) is 31.4 Å². The fourth-order valence-corrected chi connectivity index (χ4v) is 7.85. The number of anilines is 1. The Balaban J connectivity index is 1.56. The number of carbonyl (C=O) groups excluding carboxylic acids is 1. The molecule has 220 valence electrons. The molecule has 2 aliphatic rings. The highest BCUT2D eigenvalue weighted by molar-refractivity contribution is 7.92. The van der Waals surface area contributed by atoms with Crippen molar-refractivity contribution in [1.82, 2.24) is 9.21 Å². The number of fused-ring (bicyclic) bond motifs is 2. The van der Waals surface area contributed by atoms with Crippen LogP contribution in [0.2, 0.25) is 0 Å². The first-order valence-corrected chi connectivity index (χ1v) is 17.0. The first-order chi connectivity index (χ1) is 18.6. The molecule has 0 saturated carbocycles. The predicted octanol–water partition coefficient (Wildman–Crippen LogP) is 1.91. The smallest absolute Gasteiger partial charge is 0.243 e. The summed E-state index contributed by atoms with van der Waals surface area (Å²) in [6.45, 7) is 4.55. The zero-order valence-corrected chi connectivity index (χ0v) is 25.2. The fraction of sp³-hybridized carbons (Fsp3) is 0.536. The standard InChI is InChI=1S/C28H40N4O6S2/c1-27(2,29)20-31(39(3,34)35)25(19-38-18-22-10-6-5-7-11-22)26(33)30-16-14-28(15-17-30)21-32(40(4,36)37)24-13-9-8-12-23(24)28/h5-13,25H,14-21,29H2,1-4H3/t25-/m1/s1. The van der Waals surface area contributed by atoms with E-state index in [1.54, 1.807) is 18.7 Å². The summed E-state index contributed by atoms with van der Waals surface area (Å²) < 4.78 is 59.5. The van der Waals surface area contributed by atoms with E-state index in [0.29, 0.717) is 38.2 Å². The van der Waals surface area contributed by atoms with Gasteiger partial charge in [-0.25, -0.2) is 16.8 Å². The first-order valence-electron chi connectivity index (χ1n) is 13.3. The third-order valence-corrected chi connectivity index (χ3v) is 9.99. The van der Waals surface area contributed by atoms with Crippen LogP contribution in [0, 0.1) is 0 Å². The Labute approximate surface area is 238 Å². The third-order valence-electron chi connectivity index (χ3n) is 7.63. The van der Waals surface area contributed by atoms with Gasteiger partial charge in [0.1, 0.15) is 6.04 Å². The Morgan fingerprint density at radius 2 is 1.62 bits per heavy atom. The number of rotatable bonds is 10. The number of likely N-dealkylation sites (tertiary alicyclic amines) is 1. The molecule has 2 N–H and O–H groups in total. The van der Waals surface area contributed by atoms with Crippen molar-refractivity contribution in [2.45, 2.75) is 50.3 Å². The maximum Gasteiger partial charge on any atom is 0.243 e. The molecule has 12 heteroatoms. The van der Waals surface area contributed by atoms with Crippen LogP contribution in [-0.4, -0.2) is 88.8 Å². The first kappa shape index (κ1) is 30.4. The quantitative estimate of drug-likeness (QED) is 0.446. The van der Waals surface area contributed by atoms with Crippen LogP contribution >= 0.6 is 0 Å². The molecule has 4 rings (SSSR count). The minimum absolute atomic E-state index is 0.0502. The molecule has 40 heavy (non-hydrogen) atoms. The molecule has 2 aliphatic heterocycles. The number of sulfonamides is 2. The lowest BCUT2D eigenvalue weighted by molar-refractivity contribution is -0.139. The number of para-hydroxylation sites is 1. The minimum Gasteiger partial charge on any atom is -0.375 e. The number of amides is 1. The summed E-state index contributed by atoms with van der Waals surface area (Å²) in [5.41, 5.74) is 7.49. The maximum absolute atomic E-state index is 14.0. The van der Waals surface area contributed by atoms with Crippen LogP contribution in [0.3, 0.4) is 0 Å². The van der Waals surface area contributed by atoms with Gasteiger partial charge in [-0.05, 0) is 43.9 Å². The molecule has 2 aromatic rings. The second-order valence-corrected chi connectivity index (χ2v) is 15.5. The van der Waals surface area contributed by atoms with Gasteiger partial charge in [0.15, 0.2) is 0 Å². The van der Waals surface area contributed by atoms with Crippen molar-refractivity contribution in [3.63, 3.8) is 0 Å². The molecule has 2 heterocycles. The summed E-state index contributed by atoms with van der Waals surface area (Å²) in [4.78, 5) is 15.7. The number of nitrogens with zero attached hydrogens (tertiary/aromatic N) is 3. The summed E-state index contributed by atoms with van der Waals surface area (Å²) in [6.07, 6.45) is 3.40. The Hall–Kier alpha value is -2.51. The van der Waals surface area contributed by atoms with Crippen LogP contribution in [0.25, 0.3) is 0 Å². The number of ether oxygens (including phenoxy) is 1. The number of benzene rings is 2. The zero-order chi connectivity index (χ0) is 29.3. The van der Waals surface area contributed by atoms with Gasteiger partial charge in [-0.1, -0.05) is 48.5 Å². The molecule has 1 amide bonds. The van der Waals surface area contributed by atoms with E-state index < -0.39 is 37.0 Å². The fourth-order valence-electron chi connectivity index (χ4n) is 5.67.